The highest BCUT2D eigenvalue weighted by Gasteiger charge is 2.14. The number of aromatic hydroxyl groups is 1. The number of fused-ring (bicyclic) bond motifs is 2. The first-order chi connectivity index (χ1) is 10.6. The first-order valence-corrected chi connectivity index (χ1v) is 6.83. The van der Waals surface area contributed by atoms with Gasteiger partial charge in [-0.2, -0.15) is 0 Å². The molecule has 0 saturated carbocycles. The van der Waals surface area contributed by atoms with Crippen LogP contribution in [-0.4, -0.2) is 19.1 Å². The average Bonchev–Trinajstić information content (AvgIpc) is 2.99. The highest BCUT2D eigenvalue weighted by molar-refractivity contribution is 5.81. The van der Waals surface area contributed by atoms with Crippen molar-refractivity contribution in [1.29, 1.82) is 0 Å². The topological polar surface area (TPSA) is 72.7 Å². The maximum absolute atomic E-state index is 11.6. The van der Waals surface area contributed by atoms with Gasteiger partial charge in [0.15, 0.2) is 17.0 Å². The molecule has 0 unspecified atom stereocenters. The molecule has 4 rings (SSSR count). The molecule has 0 fully saturated rings. The van der Waals surface area contributed by atoms with Gasteiger partial charge in [0.1, 0.15) is 0 Å². The molecule has 0 radical (unpaired) electrons. The SMILES string of the molecule is Cc1c(-c2ccc3oc(=O)n(C)c3c2)nc2c(O)cccn12. The lowest BCUT2D eigenvalue weighted by molar-refractivity contribution is 0.477. The van der Waals surface area contributed by atoms with Gasteiger partial charge in [0.05, 0.1) is 11.2 Å². The van der Waals surface area contributed by atoms with Crippen LogP contribution in [0.3, 0.4) is 0 Å². The van der Waals surface area contributed by atoms with E-state index in [-0.39, 0.29) is 5.75 Å². The van der Waals surface area contributed by atoms with Gasteiger partial charge in [0.2, 0.25) is 0 Å². The molecule has 3 heterocycles. The average molecular weight is 295 g/mol. The number of pyridine rings is 1. The van der Waals surface area contributed by atoms with E-state index in [2.05, 4.69) is 4.98 Å². The lowest BCUT2D eigenvalue weighted by Crippen LogP contribution is -2.08. The van der Waals surface area contributed by atoms with Crippen LogP contribution >= 0.6 is 0 Å². The quantitative estimate of drug-likeness (QED) is 0.585. The van der Waals surface area contributed by atoms with Crippen molar-refractivity contribution in [3.8, 4) is 17.0 Å². The van der Waals surface area contributed by atoms with Crippen LogP contribution in [0, 0.1) is 6.92 Å². The van der Waals surface area contributed by atoms with Crippen molar-refractivity contribution in [1.82, 2.24) is 14.0 Å². The zero-order chi connectivity index (χ0) is 15.4. The van der Waals surface area contributed by atoms with E-state index in [1.165, 1.54) is 4.57 Å². The molecule has 0 saturated heterocycles. The first kappa shape index (κ1) is 12.7. The molecule has 0 aliphatic heterocycles. The highest BCUT2D eigenvalue weighted by atomic mass is 16.4. The molecule has 0 aliphatic carbocycles. The van der Waals surface area contributed by atoms with Crippen molar-refractivity contribution in [3.63, 3.8) is 0 Å². The molecule has 0 atom stereocenters. The molecular weight excluding hydrogens is 282 g/mol. The fraction of sp³-hybridized carbons (Fsp3) is 0.125. The van der Waals surface area contributed by atoms with Crippen LogP contribution in [0.25, 0.3) is 28.0 Å². The third-order valence-corrected chi connectivity index (χ3v) is 3.93. The number of hydrogen-bond acceptors (Lipinski definition) is 4. The molecule has 6 heteroatoms. The Kier molecular flexibility index (Phi) is 2.45. The maximum atomic E-state index is 11.6. The molecule has 0 spiro atoms. The fourth-order valence-electron chi connectivity index (χ4n) is 2.72. The Hall–Kier alpha value is -3.02. The van der Waals surface area contributed by atoms with Crippen LogP contribution in [0.2, 0.25) is 0 Å². The summed E-state index contributed by atoms with van der Waals surface area (Å²) in [6, 6.07) is 8.86. The molecule has 0 aliphatic rings. The largest absolute Gasteiger partial charge is 0.504 e. The standard InChI is InChI=1S/C16H13N3O3/c1-9-14(17-15-12(20)4-3-7-19(9)15)10-5-6-13-11(8-10)18(2)16(21)22-13/h3-8,20H,1-2H3. The molecule has 22 heavy (non-hydrogen) atoms. The van der Waals surface area contributed by atoms with Gasteiger partial charge in [-0.15, -0.1) is 0 Å². The normalized spacial score (nSPS) is 11.5. The van der Waals surface area contributed by atoms with Crippen LogP contribution in [-0.2, 0) is 7.05 Å². The van der Waals surface area contributed by atoms with Crippen molar-refractivity contribution in [3.05, 3.63) is 52.8 Å². The smallest absolute Gasteiger partial charge is 0.419 e. The lowest BCUT2D eigenvalue weighted by atomic mass is 10.1. The molecular formula is C16H13N3O3. The molecule has 1 N–H and O–H groups in total. The molecule has 110 valence electrons. The summed E-state index contributed by atoms with van der Waals surface area (Å²) in [5.41, 5.74) is 4.31. The number of nitrogens with zero attached hydrogens (tertiary/aromatic N) is 3. The van der Waals surface area contributed by atoms with Crippen molar-refractivity contribution in [2.24, 2.45) is 7.05 Å². The van der Waals surface area contributed by atoms with E-state index >= 15 is 0 Å². The Balaban J connectivity index is 2.02. The summed E-state index contributed by atoms with van der Waals surface area (Å²) in [6.45, 7) is 1.94. The Morgan fingerprint density at radius 1 is 1.27 bits per heavy atom. The van der Waals surface area contributed by atoms with E-state index in [0.29, 0.717) is 16.7 Å². The number of benzene rings is 1. The molecule has 4 aromatic rings. The van der Waals surface area contributed by atoms with Crippen LogP contribution in [0.1, 0.15) is 5.69 Å². The highest BCUT2D eigenvalue weighted by Crippen LogP contribution is 2.29. The number of imidazole rings is 1. The van der Waals surface area contributed by atoms with Crippen molar-refractivity contribution < 1.29 is 9.52 Å². The second-order valence-electron chi connectivity index (χ2n) is 5.24. The summed E-state index contributed by atoms with van der Waals surface area (Å²) in [7, 11) is 1.67. The number of oxazole rings is 1. The van der Waals surface area contributed by atoms with Gasteiger partial charge in [0, 0.05) is 24.5 Å². The Labute approximate surface area is 124 Å². The second-order valence-corrected chi connectivity index (χ2v) is 5.24. The van der Waals surface area contributed by atoms with E-state index in [1.807, 2.05) is 29.7 Å². The molecule has 0 bridgehead atoms. The zero-order valence-electron chi connectivity index (χ0n) is 12.1. The van der Waals surface area contributed by atoms with Gasteiger partial charge in [-0.25, -0.2) is 9.78 Å². The Bertz CT molecular complexity index is 1090. The monoisotopic (exact) mass is 295 g/mol. The zero-order valence-corrected chi connectivity index (χ0v) is 12.1. The Morgan fingerprint density at radius 2 is 2.09 bits per heavy atom. The summed E-state index contributed by atoms with van der Waals surface area (Å²) in [4.78, 5) is 16.1. The van der Waals surface area contributed by atoms with Crippen LogP contribution in [0.15, 0.2) is 45.7 Å². The van der Waals surface area contributed by atoms with Crippen LogP contribution in [0.4, 0.5) is 0 Å². The van der Waals surface area contributed by atoms with Gasteiger partial charge >= 0.3 is 5.76 Å². The van der Waals surface area contributed by atoms with Crippen molar-refractivity contribution in [2.45, 2.75) is 6.92 Å². The van der Waals surface area contributed by atoms with Gasteiger partial charge < -0.3 is 13.9 Å². The predicted octanol–water partition coefficient (Wildman–Crippen LogP) is 2.46. The summed E-state index contributed by atoms with van der Waals surface area (Å²) >= 11 is 0. The van der Waals surface area contributed by atoms with E-state index in [0.717, 1.165) is 17.0 Å². The van der Waals surface area contributed by atoms with Gasteiger partial charge in [-0.3, -0.25) is 4.57 Å². The first-order valence-electron chi connectivity index (χ1n) is 6.83. The number of aryl methyl sites for hydroxylation is 2. The fourth-order valence-corrected chi connectivity index (χ4v) is 2.72. The molecule has 1 aromatic carbocycles. The second kappa shape index (κ2) is 4.24. The summed E-state index contributed by atoms with van der Waals surface area (Å²) in [6.07, 6.45) is 1.85. The third-order valence-electron chi connectivity index (χ3n) is 3.93. The number of rotatable bonds is 1. The minimum Gasteiger partial charge on any atom is -0.504 e. The summed E-state index contributed by atoms with van der Waals surface area (Å²) in [5, 5.41) is 9.93. The lowest BCUT2D eigenvalue weighted by Gasteiger charge is -2.00. The molecule has 6 nitrogen and oxygen atoms in total. The van der Waals surface area contributed by atoms with Crippen molar-refractivity contribution in [2.75, 3.05) is 0 Å². The summed E-state index contributed by atoms with van der Waals surface area (Å²) in [5.74, 6) is -0.259. The number of aromatic nitrogens is 3. The molecule has 3 aromatic heterocycles. The van der Waals surface area contributed by atoms with E-state index in [4.69, 9.17) is 4.42 Å². The summed E-state index contributed by atoms with van der Waals surface area (Å²) < 4.78 is 8.44. The molecule has 0 amide bonds. The third kappa shape index (κ3) is 1.60. The van der Waals surface area contributed by atoms with Gasteiger partial charge in [0.25, 0.3) is 0 Å². The van der Waals surface area contributed by atoms with E-state index < -0.39 is 5.76 Å². The van der Waals surface area contributed by atoms with E-state index in [9.17, 15) is 9.90 Å². The van der Waals surface area contributed by atoms with Gasteiger partial charge in [-0.1, -0.05) is 0 Å². The predicted molar refractivity (Wildman–Crippen MR) is 82.0 cm³/mol. The van der Waals surface area contributed by atoms with Crippen LogP contribution < -0.4 is 5.76 Å². The minimum atomic E-state index is -0.392. The Morgan fingerprint density at radius 3 is 2.86 bits per heavy atom. The van der Waals surface area contributed by atoms with Crippen molar-refractivity contribution >= 4 is 16.7 Å². The maximum Gasteiger partial charge on any atom is 0.419 e. The van der Waals surface area contributed by atoms with Crippen LogP contribution in [0.5, 0.6) is 5.75 Å². The van der Waals surface area contributed by atoms with E-state index in [1.54, 1.807) is 25.2 Å². The minimum absolute atomic E-state index is 0.133. The number of hydrogen-bond donors (Lipinski definition) is 1. The van der Waals surface area contributed by atoms with Gasteiger partial charge in [-0.05, 0) is 37.3 Å².